The van der Waals surface area contributed by atoms with E-state index in [-0.39, 0.29) is 5.41 Å². The van der Waals surface area contributed by atoms with Gasteiger partial charge in [-0.1, -0.05) is 166 Å². The van der Waals surface area contributed by atoms with Gasteiger partial charge in [-0.05, 0) is 101 Å². The lowest BCUT2D eigenvalue weighted by atomic mass is 9.80. The van der Waals surface area contributed by atoms with Crippen LogP contribution in [0, 0.1) is 0 Å². The standard InChI is InChI=1S/C51H34O/c1-51(2)42-28-25-34-26-29-45-50(41-18-10-11-19-44(41)52-45)48(34)49(42)40-27-24-35(30-43(40)51)47-38-16-8-6-14-36(38)46(37-15-7-9-17-39(37)47)33-22-20-32(21-23-33)31-12-4-3-5-13-31/h3-30H,1-2H3. The Kier molecular flexibility index (Phi) is 6.08. The van der Waals surface area contributed by atoms with Crippen molar-refractivity contribution in [2.75, 3.05) is 0 Å². The summed E-state index contributed by atoms with van der Waals surface area (Å²) < 4.78 is 6.39. The second-order valence-electron chi connectivity index (χ2n) is 14.8. The molecule has 52 heavy (non-hydrogen) atoms. The molecule has 0 N–H and O–H groups in total. The molecule has 0 fully saturated rings. The quantitative estimate of drug-likeness (QED) is 0.172. The highest BCUT2D eigenvalue weighted by Gasteiger charge is 2.37. The molecular weight excluding hydrogens is 629 g/mol. The highest BCUT2D eigenvalue weighted by atomic mass is 16.3. The molecular formula is C51H34O. The van der Waals surface area contributed by atoms with E-state index in [0.29, 0.717) is 0 Å². The smallest absolute Gasteiger partial charge is 0.136 e. The maximum atomic E-state index is 6.39. The van der Waals surface area contributed by atoms with Crippen molar-refractivity contribution in [3.8, 4) is 44.5 Å². The number of benzene rings is 9. The van der Waals surface area contributed by atoms with Crippen LogP contribution in [0.25, 0.3) is 98.8 Å². The van der Waals surface area contributed by atoms with Crippen molar-refractivity contribution in [2.24, 2.45) is 0 Å². The minimum atomic E-state index is -0.178. The molecule has 0 bridgehead atoms. The Labute approximate surface area is 302 Å². The van der Waals surface area contributed by atoms with Crippen molar-refractivity contribution in [1.82, 2.24) is 0 Å². The van der Waals surface area contributed by atoms with Crippen molar-refractivity contribution in [1.29, 1.82) is 0 Å². The summed E-state index contributed by atoms with van der Waals surface area (Å²) in [6, 6.07) is 62.3. The van der Waals surface area contributed by atoms with Crippen LogP contribution in [0.4, 0.5) is 0 Å². The van der Waals surface area contributed by atoms with Gasteiger partial charge in [0.2, 0.25) is 0 Å². The van der Waals surface area contributed by atoms with E-state index in [1.165, 1.54) is 98.7 Å². The zero-order chi connectivity index (χ0) is 34.6. The topological polar surface area (TPSA) is 13.1 Å². The largest absolute Gasteiger partial charge is 0.456 e. The molecule has 11 rings (SSSR count). The van der Waals surface area contributed by atoms with E-state index in [1.54, 1.807) is 0 Å². The van der Waals surface area contributed by atoms with Crippen molar-refractivity contribution in [2.45, 2.75) is 19.3 Å². The molecule has 1 nitrogen and oxygen atoms in total. The van der Waals surface area contributed by atoms with E-state index in [0.717, 1.165) is 11.2 Å². The fourth-order valence-electron chi connectivity index (χ4n) is 9.22. The highest BCUT2D eigenvalue weighted by Crippen LogP contribution is 2.55. The van der Waals surface area contributed by atoms with Gasteiger partial charge in [0.05, 0.1) is 0 Å². The minimum absolute atomic E-state index is 0.178. The van der Waals surface area contributed by atoms with Gasteiger partial charge in [-0.3, -0.25) is 0 Å². The number of furan rings is 1. The molecule has 1 aromatic heterocycles. The summed E-state index contributed by atoms with van der Waals surface area (Å²) in [5.41, 5.74) is 14.6. The number of hydrogen-bond acceptors (Lipinski definition) is 1. The van der Waals surface area contributed by atoms with Crippen LogP contribution in [0.15, 0.2) is 174 Å². The third kappa shape index (κ3) is 4.05. The molecule has 0 atom stereocenters. The Balaban J connectivity index is 1.14. The van der Waals surface area contributed by atoms with Crippen LogP contribution in [0.3, 0.4) is 0 Å². The molecule has 1 heteroatoms. The first-order valence-electron chi connectivity index (χ1n) is 18.2. The Bertz CT molecular complexity index is 3010. The van der Waals surface area contributed by atoms with Crippen molar-refractivity contribution < 1.29 is 4.42 Å². The summed E-state index contributed by atoms with van der Waals surface area (Å²) in [5.74, 6) is 0. The number of para-hydroxylation sites is 1. The normalized spacial score (nSPS) is 13.3. The summed E-state index contributed by atoms with van der Waals surface area (Å²) >= 11 is 0. The SMILES string of the molecule is CC1(C)c2cc(-c3c4ccccc4c(-c4ccc(-c5ccccc5)cc4)c4ccccc34)ccc2-c2c1ccc1ccc3oc4ccccc4c3c21. The summed E-state index contributed by atoms with van der Waals surface area (Å²) in [4.78, 5) is 0. The fourth-order valence-corrected chi connectivity index (χ4v) is 9.22. The van der Waals surface area contributed by atoms with E-state index < -0.39 is 0 Å². The molecule has 10 aromatic rings. The average molecular weight is 663 g/mol. The first kappa shape index (κ1) is 29.3. The lowest BCUT2D eigenvalue weighted by Crippen LogP contribution is -2.15. The predicted octanol–water partition coefficient (Wildman–Crippen LogP) is 14.4. The minimum Gasteiger partial charge on any atom is -0.456 e. The molecule has 0 aliphatic heterocycles. The third-order valence-electron chi connectivity index (χ3n) is 11.7. The van der Waals surface area contributed by atoms with E-state index in [1.807, 2.05) is 0 Å². The number of fused-ring (bicyclic) bond motifs is 11. The zero-order valence-corrected chi connectivity index (χ0v) is 29.1. The van der Waals surface area contributed by atoms with Gasteiger partial charge in [0.1, 0.15) is 11.2 Å². The summed E-state index contributed by atoms with van der Waals surface area (Å²) in [7, 11) is 0. The van der Waals surface area contributed by atoms with Gasteiger partial charge in [0.15, 0.2) is 0 Å². The van der Waals surface area contributed by atoms with Crippen LogP contribution < -0.4 is 0 Å². The Hall–Kier alpha value is -6.44. The molecule has 0 radical (unpaired) electrons. The van der Waals surface area contributed by atoms with E-state index >= 15 is 0 Å². The first-order valence-corrected chi connectivity index (χ1v) is 18.2. The second kappa shape index (κ2) is 10.8. The van der Waals surface area contributed by atoms with E-state index in [2.05, 4.69) is 184 Å². The van der Waals surface area contributed by atoms with Crippen LogP contribution in [0.1, 0.15) is 25.0 Å². The summed E-state index contributed by atoms with van der Waals surface area (Å²) in [6.45, 7) is 4.78. The molecule has 0 unspecified atom stereocenters. The third-order valence-corrected chi connectivity index (χ3v) is 11.7. The van der Waals surface area contributed by atoms with Crippen LogP contribution in [-0.4, -0.2) is 0 Å². The molecule has 244 valence electrons. The molecule has 1 heterocycles. The summed E-state index contributed by atoms with van der Waals surface area (Å²) in [5, 5.41) is 10.0. The Morgan fingerprint density at radius 1 is 0.365 bits per heavy atom. The van der Waals surface area contributed by atoms with Crippen LogP contribution in [-0.2, 0) is 5.41 Å². The molecule has 9 aromatic carbocycles. The van der Waals surface area contributed by atoms with Gasteiger partial charge in [-0.2, -0.15) is 0 Å². The van der Waals surface area contributed by atoms with E-state index in [4.69, 9.17) is 4.42 Å². The Morgan fingerprint density at radius 2 is 0.904 bits per heavy atom. The maximum absolute atomic E-state index is 6.39. The molecule has 0 saturated carbocycles. The van der Waals surface area contributed by atoms with Gasteiger partial charge in [-0.25, -0.2) is 0 Å². The molecule has 1 aliphatic carbocycles. The zero-order valence-electron chi connectivity index (χ0n) is 29.1. The van der Waals surface area contributed by atoms with Gasteiger partial charge in [0.25, 0.3) is 0 Å². The second-order valence-corrected chi connectivity index (χ2v) is 14.8. The van der Waals surface area contributed by atoms with Gasteiger partial charge in [0, 0.05) is 21.6 Å². The molecule has 1 aliphatic rings. The number of rotatable bonds is 3. The predicted molar refractivity (Wildman–Crippen MR) is 220 cm³/mol. The average Bonchev–Trinajstić information content (AvgIpc) is 3.69. The van der Waals surface area contributed by atoms with Gasteiger partial charge in [-0.15, -0.1) is 0 Å². The lowest BCUT2D eigenvalue weighted by Gasteiger charge is -2.23. The summed E-state index contributed by atoms with van der Waals surface area (Å²) in [6.07, 6.45) is 0. The Morgan fingerprint density at radius 3 is 1.60 bits per heavy atom. The molecule has 0 saturated heterocycles. The molecule has 0 amide bonds. The van der Waals surface area contributed by atoms with E-state index in [9.17, 15) is 0 Å². The highest BCUT2D eigenvalue weighted by molar-refractivity contribution is 6.25. The first-order chi connectivity index (χ1) is 25.6. The number of hydrogen-bond donors (Lipinski definition) is 0. The fraction of sp³-hybridized carbons (Fsp3) is 0.0588. The van der Waals surface area contributed by atoms with Crippen LogP contribution >= 0.6 is 0 Å². The van der Waals surface area contributed by atoms with Crippen molar-refractivity contribution in [3.63, 3.8) is 0 Å². The van der Waals surface area contributed by atoms with Crippen LogP contribution in [0.5, 0.6) is 0 Å². The van der Waals surface area contributed by atoms with Crippen molar-refractivity contribution in [3.05, 3.63) is 181 Å². The monoisotopic (exact) mass is 662 g/mol. The lowest BCUT2D eigenvalue weighted by molar-refractivity contribution is 0.661. The van der Waals surface area contributed by atoms with Gasteiger partial charge < -0.3 is 4.42 Å². The maximum Gasteiger partial charge on any atom is 0.136 e. The van der Waals surface area contributed by atoms with Crippen LogP contribution in [0.2, 0.25) is 0 Å². The van der Waals surface area contributed by atoms with Gasteiger partial charge >= 0.3 is 0 Å². The van der Waals surface area contributed by atoms with Crippen molar-refractivity contribution >= 4 is 54.3 Å². The molecule has 0 spiro atoms.